The second-order valence-electron chi connectivity index (χ2n) is 4.43. The lowest BCUT2D eigenvalue weighted by molar-refractivity contribution is 0.476. The first-order valence-corrected chi connectivity index (χ1v) is 9.20. The van der Waals surface area contributed by atoms with Crippen LogP contribution >= 0.6 is 0 Å². The Morgan fingerprint density at radius 3 is 2.30 bits per heavy atom. The third-order valence-corrected chi connectivity index (χ3v) is 5.51. The second kappa shape index (κ2) is 6.17. The van der Waals surface area contributed by atoms with Crippen molar-refractivity contribution in [2.45, 2.75) is 11.4 Å². The first-order valence-electron chi connectivity index (χ1n) is 5.70. The van der Waals surface area contributed by atoms with Crippen molar-refractivity contribution in [2.75, 3.05) is 25.6 Å². The Labute approximate surface area is 118 Å². The van der Waals surface area contributed by atoms with Gasteiger partial charge in [-0.2, -0.15) is 4.31 Å². The molecule has 0 spiro atoms. The van der Waals surface area contributed by atoms with E-state index in [1.807, 2.05) is 0 Å². The molecule has 0 atom stereocenters. The van der Waals surface area contributed by atoms with Crippen molar-refractivity contribution in [1.29, 1.82) is 0 Å². The number of nitrogens with two attached hydrogens (primary N) is 1. The van der Waals surface area contributed by atoms with Crippen LogP contribution in [0.1, 0.15) is 5.56 Å². The van der Waals surface area contributed by atoms with Crippen molar-refractivity contribution in [2.24, 2.45) is 5.73 Å². The van der Waals surface area contributed by atoms with Crippen molar-refractivity contribution < 1.29 is 21.2 Å². The highest BCUT2D eigenvalue weighted by atomic mass is 32.2. The van der Waals surface area contributed by atoms with Crippen molar-refractivity contribution in [3.63, 3.8) is 0 Å². The van der Waals surface area contributed by atoms with Gasteiger partial charge in [-0.05, 0) is 17.7 Å². The lowest BCUT2D eigenvalue weighted by atomic mass is 10.2. The minimum Gasteiger partial charge on any atom is -0.326 e. The Bertz CT molecular complexity index is 686. The van der Waals surface area contributed by atoms with E-state index in [4.69, 9.17) is 5.73 Å². The number of benzene rings is 1. The summed E-state index contributed by atoms with van der Waals surface area (Å²) in [5.41, 5.74) is 5.81. The number of sulfonamides is 1. The van der Waals surface area contributed by atoms with Crippen LogP contribution < -0.4 is 5.73 Å². The van der Waals surface area contributed by atoms with Crippen LogP contribution in [-0.4, -0.2) is 46.7 Å². The van der Waals surface area contributed by atoms with Gasteiger partial charge in [0.1, 0.15) is 20.5 Å². The highest BCUT2D eigenvalue weighted by molar-refractivity contribution is 7.91. The van der Waals surface area contributed by atoms with E-state index in [-0.39, 0.29) is 18.8 Å². The summed E-state index contributed by atoms with van der Waals surface area (Å²) in [7, 11) is -6.16. The predicted octanol–water partition coefficient (Wildman–Crippen LogP) is -0.0505. The van der Waals surface area contributed by atoms with Crippen molar-refractivity contribution >= 4 is 19.9 Å². The largest absolute Gasteiger partial charge is 0.326 e. The smallest absolute Gasteiger partial charge is 0.245 e. The van der Waals surface area contributed by atoms with Gasteiger partial charge in [0.25, 0.3) is 0 Å². The topological polar surface area (TPSA) is 97.5 Å². The summed E-state index contributed by atoms with van der Waals surface area (Å²) in [6, 6.07) is 3.60. The van der Waals surface area contributed by atoms with E-state index in [0.717, 1.165) is 22.7 Å². The first-order chi connectivity index (χ1) is 9.08. The summed E-state index contributed by atoms with van der Waals surface area (Å²) in [5, 5.41) is 0. The fourth-order valence-electron chi connectivity index (χ4n) is 1.46. The van der Waals surface area contributed by atoms with Crippen LogP contribution in [0.2, 0.25) is 0 Å². The zero-order chi connectivity index (χ0) is 15.6. The van der Waals surface area contributed by atoms with Crippen LogP contribution in [0.5, 0.6) is 0 Å². The normalized spacial score (nSPS) is 12.8. The summed E-state index contributed by atoms with van der Waals surface area (Å²) in [5.74, 6) is -1.23. The van der Waals surface area contributed by atoms with E-state index in [1.165, 1.54) is 13.1 Å². The molecule has 6 nitrogen and oxygen atoms in total. The maximum atomic E-state index is 13.8. The maximum Gasteiger partial charge on any atom is 0.245 e. The van der Waals surface area contributed by atoms with Gasteiger partial charge in [-0.25, -0.2) is 21.2 Å². The molecule has 0 unspecified atom stereocenters. The Hall–Kier alpha value is -1.03. The summed E-state index contributed by atoms with van der Waals surface area (Å²) < 4.78 is 60.9. The zero-order valence-electron chi connectivity index (χ0n) is 11.2. The predicted molar refractivity (Wildman–Crippen MR) is 73.8 cm³/mol. The van der Waals surface area contributed by atoms with E-state index < -0.39 is 30.6 Å². The molecular weight excluding hydrogens is 307 g/mol. The molecule has 0 aliphatic carbocycles. The summed E-state index contributed by atoms with van der Waals surface area (Å²) >= 11 is 0. The quantitative estimate of drug-likeness (QED) is 0.791. The van der Waals surface area contributed by atoms with Gasteiger partial charge in [-0.1, -0.05) is 6.07 Å². The minimum atomic E-state index is -4.06. The van der Waals surface area contributed by atoms with Gasteiger partial charge >= 0.3 is 0 Å². The van der Waals surface area contributed by atoms with Crippen molar-refractivity contribution in [1.82, 2.24) is 4.31 Å². The molecule has 0 aromatic heterocycles. The van der Waals surface area contributed by atoms with Gasteiger partial charge in [0.15, 0.2) is 0 Å². The molecule has 0 amide bonds. The molecule has 1 aromatic rings. The SMILES string of the molecule is CN(CCS(C)(=O)=O)S(=O)(=O)c1ccc(CN)cc1F. The van der Waals surface area contributed by atoms with Crippen LogP contribution in [0.3, 0.4) is 0 Å². The number of hydrogen-bond donors (Lipinski definition) is 1. The first kappa shape index (κ1) is 17.0. The lowest BCUT2D eigenvalue weighted by Gasteiger charge is -2.17. The van der Waals surface area contributed by atoms with Gasteiger partial charge in [0, 0.05) is 26.4 Å². The Morgan fingerprint density at radius 2 is 1.85 bits per heavy atom. The van der Waals surface area contributed by atoms with E-state index in [1.54, 1.807) is 0 Å². The number of sulfone groups is 1. The van der Waals surface area contributed by atoms with Crippen LogP contribution in [0.25, 0.3) is 0 Å². The molecule has 0 aliphatic rings. The van der Waals surface area contributed by atoms with Gasteiger partial charge in [0.2, 0.25) is 10.0 Å². The zero-order valence-corrected chi connectivity index (χ0v) is 12.8. The van der Waals surface area contributed by atoms with Crippen LogP contribution in [0, 0.1) is 5.82 Å². The summed E-state index contributed by atoms with van der Waals surface area (Å²) in [6.45, 7) is -0.138. The second-order valence-corrected chi connectivity index (χ2v) is 8.70. The van der Waals surface area contributed by atoms with Gasteiger partial charge in [-0.3, -0.25) is 0 Å². The molecule has 0 radical (unpaired) electrons. The molecule has 0 aliphatic heterocycles. The molecule has 114 valence electrons. The van der Waals surface area contributed by atoms with Crippen molar-refractivity contribution in [3.8, 4) is 0 Å². The third kappa shape index (κ3) is 4.23. The number of halogens is 1. The number of nitrogens with zero attached hydrogens (tertiary/aromatic N) is 1. The molecule has 20 heavy (non-hydrogen) atoms. The Morgan fingerprint density at radius 1 is 1.25 bits per heavy atom. The average Bonchev–Trinajstić information content (AvgIpc) is 2.34. The molecule has 0 fully saturated rings. The standard InChI is InChI=1S/C11H17FN2O4S2/c1-14(5-6-19(2,15)16)20(17,18)11-4-3-9(8-13)7-10(11)12/h3-4,7H,5-6,8,13H2,1-2H3. The highest BCUT2D eigenvalue weighted by Gasteiger charge is 2.25. The molecule has 0 saturated carbocycles. The van der Waals surface area contributed by atoms with E-state index in [2.05, 4.69) is 0 Å². The van der Waals surface area contributed by atoms with Gasteiger partial charge in [0.05, 0.1) is 5.75 Å². The summed E-state index contributed by atoms with van der Waals surface area (Å²) in [6.07, 6.45) is 1.00. The highest BCUT2D eigenvalue weighted by Crippen LogP contribution is 2.19. The molecule has 1 aromatic carbocycles. The van der Waals surface area contributed by atoms with Crippen LogP contribution in [-0.2, 0) is 26.4 Å². The minimum absolute atomic E-state index is 0.0984. The van der Waals surface area contributed by atoms with Crippen LogP contribution in [0.15, 0.2) is 23.1 Å². The summed E-state index contributed by atoms with van der Waals surface area (Å²) in [4.78, 5) is -0.495. The molecule has 1 rings (SSSR count). The van der Waals surface area contributed by atoms with E-state index in [0.29, 0.717) is 5.56 Å². The number of rotatable bonds is 6. The fraction of sp³-hybridized carbons (Fsp3) is 0.455. The lowest BCUT2D eigenvalue weighted by Crippen LogP contribution is -2.32. The third-order valence-electron chi connectivity index (χ3n) is 2.70. The fourth-order valence-corrected chi connectivity index (χ4v) is 3.40. The Balaban J connectivity index is 3.04. The Kier molecular flexibility index (Phi) is 5.25. The van der Waals surface area contributed by atoms with Crippen molar-refractivity contribution in [3.05, 3.63) is 29.6 Å². The average molecular weight is 324 g/mol. The van der Waals surface area contributed by atoms with E-state index >= 15 is 0 Å². The number of hydrogen-bond acceptors (Lipinski definition) is 5. The molecule has 0 bridgehead atoms. The molecule has 9 heteroatoms. The molecular formula is C11H17FN2O4S2. The van der Waals surface area contributed by atoms with Crippen LogP contribution in [0.4, 0.5) is 4.39 Å². The maximum absolute atomic E-state index is 13.8. The van der Waals surface area contributed by atoms with E-state index in [9.17, 15) is 21.2 Å². The molecule has 2 N–H and O–H groups in total. The van der Waals surface area contributed by atoms with Gasteiger partial charge in [-0.15, -0.1) is 0 Å². The van der Waals surface area contributed by atoms with Gasteiger partial charge < -0.3 is 5.73 Å². The molecule has 0 heterocycles. The molecule has 0 saturated heterocycles. The monoisotopic (exact) mass is 324 g/mol.